The summed E-state index contributed by atoms with van der Waals surface area (Å²) in [5.41, 5.74) is 1.57. The quantitative estimate of drug-likeness (QED) is 0.490. The van der Waals surface area contributed by atoms with Gasteiger partial charge in [0.05, 0.1) is 20.3 Å². The van der Waals surface area contributed by atoms with Crippen LogP contribution in [0.15, 0.2) is 34.9 Å². The highest BCUT2D eigenvalue weighted by atomic mass is 16.5. The van der Waals surface area contributed by atoms with Crippen molar-refractivity contribution < 1.29 is 24.2 Å². The van der Waals surface area contributed by atoms with Crippen LogP contribution in [0.5, 0.6) is 0 Å². The Morgan fingerprint density at radius 3 is 2.17 bits per heavy atom. The summed E-state index contributed by atoms with van der Waals surface area (Å²) in [6, 6.07) is 0. The van der Waals surface area contributed by atoms with E-state index in [-0.39, 0.29) is 5.92 Å². The third-order valence-electron chi connectivity index (χ3n) is 5.03. The lowest BCUT2D eigenvalue weighted by Gasteiger charge is -2.35. The molecule has 0 aromatic rings. The van der Waals surface area contributed by atoms with E-state index in [1.165, 1.54) is 14.2 Å². The summed E-state index contributed by atoms with van der Waals surface area (Å²) in [5.74, 6) is -1.81. The average molecular weight is 320 g/mol. The fraction of sp³-hybridized carbons (Fsp3) is 0.556. The van der Waals surface area contributed by atoms with Gasteiger partial charge in [-0.1, -0.05) is 23.8 Å². The van der Waals surface area contributed by atoms with Gasteiger partial charge in [0, 0.05) is 11.8 Å². The molecule has 23 heavy (non-hydrogen) atoms. The summed E-state index contributed by atoms with van der Waals surface area (Å²) in [5, 5.41) is 10.0. The van der Waals surface area contributed by atoms with Crippen LogP contribution < -0.4 is 0 Å². The number of carbonyl (C=O) groups is 2. The van der Waals surface area contributed by atoms with Crippen LogP contribution in [-0.2, 0) is 19.1 Å². The van der Waals surface area contributed by atoms with E-state index in [4.69, 9.17) is 9.47 Å². The standard InChI is InChI=1S/C18H24O5/c1-10(2)11(3)14-9-18(16(20)22-4,17(21)23-5)15-8-12(19)6-7-13(14)15/h6-7,9,12-13,15,19H,8H2,1-5H3/t12-,13+,15+/m0/s1. The van der Waals surface area contributed by atoms with Gasteiger partial charge in [-0.3, -0.25) is 9.59 Å². The molecule has 0 fully saturated rings. The second-order valence-electron chi connectivity index (χ2n) is 6.40. The second-order valence-corrected chi connectivity index (χ2v) is 6.40. The van der Waals surface area contributed by atoms with Gasteiger partial charge in [0.1, 0.15) is 0 Å². The maximum atomic E-state index is 12.5. The van der Waals surface area contributed by atoms with Crippen molar-refractivity contribution in [2.75, 3.05) is 14.2 Å². The molecule has 2 aliphatic rings. The van der Waals surface area contributed by atoms with Crippen LogP contribution in [0.3, 0.4) is 0 Å². The monoisotopic (exact) mass is 320 g/mol. The number of allylic oxidation sites excluding steroid dienone is 4. The molecular formula is C18H24O5. The molecule has 126 valence electrons. The Morgan fingerprint density at radius 2 is 1.70 bits per heavy atom. The Bertz CT molecular complexity index is 591. The number of ether oxygens (including phenoxy) is 2. The van der Waals surface area contributed by atoms with Gasteiger partial charge in [-0.05, 0) is 38.3 Å². The van der Waals surface area contributed by atoms with Crippen molar-refractivity contribution in [2.45, 2.75) is 33.3 Å². The van der Waals surface area contributed by atoms with E-state index in [0.29, 0.717) is 6.42 Å². The molecule has 5 nitrogen and oxygen atoms in total. The lowest BCUT2D eigenvalue weighted by Crippen LogP contribution is -2.47. The zero-order valence-electron chi connectivity index (χ0n) is 14.3. The number of carbonyl (C=O) groups excluding carboxylic acids is 2. The first-order chi connectivity index (χ1) is 10.8. The Balaban J connectivity index is 2.69. The van der Waals surface area contributed by atoms with Crippen LogP contribution in [0, 0.1) is 17.3 Å². The van der Waals surface area contributed by atoms with E-state index in [9.17, 15) is 14.7 Å². The van der Waals surface area contributed by atoms with Crippen LogP contribution in [0.25, 0.3) is 0 Å². The molecular weight excluding hydrogens is 296 g/mol. The Labute approximate surface area is 136 Å². The summed E-state index contributed by atoms with van der Waals surface area (Å²) in [7, 11) is 2.52. The number of rotatable bonds is 3. The van der Waals surface area contributed by atoms with Crippen LogP contribution in [0.4, 0.5) is 0 Å². The number of methoxy groups -OCH3 is 2. The third-order valence-corrected chi connectivity index (χ3v) is 5.03. The van der Waals surface area contributed by atoms with Crippen molar-refractivity contribution in [2.24, 2.45) is 17.3 Å². The molecule has 0 amide bonds. The van der Waals surface area contributed by atoms with Gasteiger partial charge in [0.25, 0.3) is 0 Å². The number of hydrogen-bond donors (Lipinski definition) is 1. The van der Waals surface area contributed by atoms with E-state index in [1.807, 2.05) is 26.8 Å². The topological polar surface area (TPSA) is 72.8 Å². The fourth-order valence-corrected chi connectivity index (χ4v) is 3.59. The number of esters is 2. The molecule has 2 rings (SSSR count). The summed E-state index contributed by atoms with van der Waals surface area (Å²) in [4.78, 5) is 25.1. The predicted octanol–water partition coefficient (Wildman–Crippen LogP) is 2.17. The van der Waals surface area contributed by atoms with E-state index >= 15 is 0 Å². The van der Waals surface area contributed by atoms with Gasteiger partial charge in [0.15, 0.2) is 5.41 Å². The summed E-state index contributed by atoms with van der Waals surface area (Å²) < 4.78 is 9.85. The molecule has 3 atom stereocenters. The first-order valence-electron chi connectivity index (χ1n) is 7.70. The molecule has 0 saturated carbocycles. The van der Waals surface area contributed by atoms with Gasteiger partial charge >= 0.3 is 11.9 Å². The van der Waals surface area contributed by atoms with Gasteiger partial charge in [-0.15, -0.1) is 0 Å². The molecule has 0 unspecified atom stereocenters. The predicted molar refractivity (Wildman–Crippen MR) is 85.3 cm³/mol. The molecule has 0 aromatic carbocycles. The van der Waals surface area contributed by atoms with Crippen LogP contribution >= 0.6 is 0 Å². The van der Waals surface area contributed by atoms with E-state index in [0.717, 1.165) is 16.7 Å². The van der Waals surface area contributed by atoms with E-state index in [1.54, 1.807) is 12.2 Å². The largest absolute Gasteiger partial charge is 0.468 e. The van der Waals surface area contributed by atoms with Crippen molar-refractivity contribution in [3.8, 4) is 0 Å². The molecule has 0 radical (unpaired) electrons. The van der Waals surface area contributed by atoms with Gasteiger partial charge in [-0.2, -0.15) is 0 Å². The Morgan fingerprint density at radius 1 is 1.13 bits per heavy atom. The van der Waals surface area contributed by atoms with Crippen molar-refractivity contribution in [1.29, 1.82) is 0 Å². The van der Waals surface area contributed by atoms with E-state index < -0.39 is 29.4 Å². The van der Waals surface area contributed by atoms with Crippen molar-refractivity contribution >= 4 is 11.9 Å². The first kappa shape index (κ1) is 17.5. The minimum absolute atomic E-state index is 0.119. The molecule has 0 spiro atoms. The Kier molecular flexibility index (Phi) is 4.80. The highest BCUT2D eigenvalue weighted by Gasteiger charge is 2.60. The zero-order chi connectivity index (χ0) is 17.4. The summed E-state index contributed by atoms with van der Waals surface area (Å²) in [6.45, 7) is 5.95. The normalized spacial score (nSPS) is 27.7. The number of aliphatic hydroxyl groups is 1. The van der Waals surface area contributed by atoms with Gasteiger partial charge in [-0.25, -0.2) is 0 Å². The zero-order valence-corrected chi connectivity index (χ0v) is 14.3. The van der Waals surface area contributed by atoms with Crippen LogP contribution in [0.1, 0.15) is 27.2 Å². The number of aliphatic hydroxyl groups excluding tert-OH is 1. The highest BCUT2D eigenvalue weighted by Crippen LogP contribution is 2.53. The fourth-order valence-electron chi connectivity index (χ4n) is 3.59. The molecule has 5 heteroatoms. The second kappa shape index (κ2) is 6.32. The lowest BCUT2D eigenvalue weighted by molar-refractivity contribution is -0.169. The molecule has 0 aliphatic heterocycles. The molecule has 0 bridgehead atoms. The average Bonchev–Trinajstić information content (AvgIpc) is 2.87. The lowest BCUT2D eigenvalue weighted by atomic mass is 9.69. The molecule has 0 saturated heterocycles. The maximum Gasteiger partial charge on any atom is 0.327 e. The number of fused-ring (bicyclic) bond motifs is 1. The van der Waals surface area contributed by atoms with Crippen molar-refractivity contribution in [1.82, 2.24) is 0 Å². The maximum absolute atomic E-state index is 12.5. The van der Waals surface area contributed by atoms with Gasteiger partial charge < -0.3 is 14.6 Å². The van der Waals surface area contributed by atoms with Crippen LogP contribution in [-0.4, -0.2) is 37.4 Å². The molecule has 0 aromatic heterocycles. The Hall–Kier alpha value is -1.88. The first-order valence-corrected chi connectivity index (χ1v) is 7.70. The SMILES string of the molecule is COC(=O)C1(C(=O)OC)C=C(C(C)=C(C)C)[C@H]2C=C[C@H](O)C[C@H]21. The van der Waals surface area contributed by atoms with Crippen molar-refractivity contribution in [3.63, 3.8) is 0 Å². The summed E-state index contributed by atoms with van der Waals surface area (Å²) >= 11 is 0. The van der Waals surface area contributed by atoms with Crippen LogP contribution in [0.2, 0.25) is 0 Å². The minimum Gasteiger partial charge on any atom is -0.468 e. The third kappa shape index (κ3) is 2.63. The van der Waals surface area contributed by atoms with Gasteiger partial charge in [0.2, 0.25) is 0 Å². The molecule has 2 aliphatic carbocycles. The molecule has 1 N–H and O–H groups in total. The van der Waals surface area contributed by atoms with Crippen molar-refractivity contribution in [3.05, 3.63) is 34.9 Å². The van der Waals surface area contributed by atoms with E-state index in [2.05, 4.69) is 0 Å². The smallest absolute Gasteiger partial charge is 0.327 e. The summed E-state index contributed by atoms with van der Waals surface area (Å²) in [6.07, 6.45) is 4.90. The highest BCUT2D eigenvalue weighted by molar-refractivity contribution is 6.04. The minimum atomic E-state index is -1.51. The number of hydrogen-bond acceptors (Lipinski definition) is 5. The molecule has 0 heterocycles.